The number of aromatic nitrogens is 4. The minimum Gasteiger partial charge on any atom is -0.321 e. The third-order valence-electron chi connectivity index (χ3n) is 4.01. The van der Waals surface area contributed by atoms with Crippen molar-refractivity contribution in [2.24, 2.45) is 0 Å². The van der Waals surface area contributed by atoms with Crippen LogP contribution in [-0.4, -0.2) is 25.5 Å². The molecule has 0 saturated heterocycles. The summed E-state index contributed by atoms with van der Waals surface area (Å²) in [4.78, 5) is 12.5. The van der Waals surface area contributed by atoms with Gasteiger partial charge in [0.2, 0.25) is 0 Å². The fourth-order valence-electron chi connectivity index (χ4n) is 2.73. The van der Waals surface area contributed by atoms with Crippen molar-refractivity contribution in [1.82, 2.24) is 19.6 Å². The first-order valence-corrected chi connectivity index (χ1v) is 8.24. The molecule has 0 spiro atoms. The van der Waals surface area contributed by atoms with Gasteiger partial charge in [0.25, 0.3) is 5.91 Å². The van der Waals surface area contributed by atoms with E-state index in [0.29, 0.717) is 11.4 Å². The summed E-state index contributed by atoms with van der Waals surface area (Å²) in [5, 5.41) is 11.5. The molecule has 6 heteroatoms. The Labute approximate surface area is 150 Å². The second kappa shape index (κ2) is 6.68. The number of rotatable bonds is 4. The van der Waals surface area contributed by atoms with E-state index in [-0.39, 0.29) is 5.91 Å². The number of aryl methyl sites for hydroxylation is 1. The first-order chi connectivity index (χ1) is 12.7. The lowest BCUT2D eigenvalue weighted by molar-refractivity contribution is 0.102. The fourth-order valence-corrected chi connectivity index (χ4v) is 2.73. The average molecular weight is 343 g/mol. The number of hydrogen-bond acceptors (Lipinski definition) is 3. The van der Waals surface area contributed by atoms with Gasteiger partial charge in [0, 0.05) is 23.8 Å². The number of carbonyl (C=O) groups is 1. The van der Waals surface area contributed by atoms with E-state index in [0.717, 1.165) is 17.1 Å². The van der Waals surface area contributed by atoms with Crippen molar-refractivity contribution in [2.45, 2.75) is 6.92 Å². The molecule has 2 heterocycles. The zero-order valence-corrected chi connectivity index (χ0v) is 14.2. The summed E-state index contributed by atoms with van der Waals surface area (Å²) < 4.78 is 3.52. The van der Waals surface area contributed by atoms with Crippen LogP contribution in [0.25, 0.3) is 11.4 Å². The Morgan fingerprint density at radius 2 is 1.73 bits per heavy atom. The third-order valence-corrected chi connectivity index (χ3v) is 4.01. The first-order valence-electron chi connectivity index (χ1n) is 8.24. The van der Waals surface area contributed by atoms with Gasteiger partial charge in [-0.25, -0.2) is 9.36 Å². The molecule has 0 radical (unpaired) electrons. The molecule has 0 bridgehead atoms. The smallest absolute Gasteiger partial charge is 0.276 e. The van der Waals surface area contributed by atoms with Crippen LogP contribution in [0.1, 0.15) is 16.2 Å². The van der Waals surface area contributed by atoms with E-state index in [9.17, 15) is 4.79 Å². The molecular weight excluding hydrogens is 326 g/mol. The predicted octanol–water partition coefficient (Wildman–Crippen LogP) is 3.62. The highest BCUT2D eigenvalue weighted by molar-refractivity contribution is 6.03. The van der Waals surface area contributed by atoms with Crippen LogP contribution in [0.2, 0.25) is 0 Å². The highest BCUT2D eigenvalue weighted by atomic mass is 16.1. The number of nitrogens with one attached hydrogen (secondary N) is 1. The van der Waals surface area contributed by atoms with Gasteiger partial charge < -0.3 is 5.32 Å². The topological polar surface area (TPSA) is 64.7 Å². The van der Waals surface area contributed by atoms with Crippen molar-refractivity contribution >= 4 is 11.6 Å². The average Bonchev–Trinajstić information content (AvgIpc) is 3.33. The quantitative estimate of drug-likeness (QED) is 0.615. The van der Waals surface area contributed by atoms with E-state index in [1.54, 1.807) is 21.6 Å². The monoisotopic (exact) mass is 343 g/mol. The molecule has 0 saturated carbocycles. The van der Waals surface area contributed by atoms with Gasteiger partial charge in [-0.15, -0.1) is 0 Å². The summed E-state index contributed by atoms with van der Waals surface area (Å²) in [5.74, 6) is -0.241. The van der Waals surface area contributed by atoms with Crippen molar-refractivity contribution in [1.29, 1.82) is 0 Å². The minimum atomic E-state index is -0.241. The molecule has 0 aliphatic heterocycles. The molecule has 0 unspecified atom stereocenters. The normalized spacial score (nSPS) is 10.7. The number of amides is 1. The van der Waals surface area contributed by atoms with E-state index in [2.05, 4.69) is 15.5 Å². The van der Waals surface area contributed by atoms with Gasteiger partial charge in [0.05, 0.1) is 11.4 Å². The molecule has 2 aromatic heterocycles. The number of hydrogen-bond donors (Lipinski definition) is 1. The van der Waals surface area contributed by atoms with E-state index >= 15 is 0 Å². The first kappa shape index (κ1) is 15.8. The van der Waals surface area contributed by atoms with Crippen molar-refractivity contribution in [3.8, 4) is 11.4 Å². The van der Waals surface area contributed by atoms with E-state index < -0.39 is 0 Å². The van der Waals surface area contributed by atoms with Gasteiger partial charge in [-0.1, -0.05) is 18.2 Å². The van der Waals surface area contributed by atoms with Crippen LogP contribution in [0, 0.1) is 6.92 Å². The van der Waals surface area contributed by atoms with Crippen LogP contribution >= 0.6 is 0 Å². The molecule has 0 fully saturated rings. The lowest BCUT2D eigenvalue weighted by atomic mass is 10.2. The van der Waals surface area contributed by atoms with E-state index in [1.807, 2.05) is 73.8 Å². The molecule has 0 atom stereocenters. The largest absolute Gasteiger partial charge is 0.321 e. The standard InChI is InChI=1S/C20H17N5O/c1-15-14-19(23-25(15)18-6-3-2-4-7-18)20(26)22-16-8-10-17(11-9-16)24-13-5-12-21-24/h2-14H,1H3,(H,22,26). The van der Waals surface area contributed by atoms with Crippen LogP contribution in [0.15, 0.2) is 79.1 Å². The molecular formula is C20H17N5O. The maximum absolute atomic E-state index is 12.5. The maximum Gasteiger partial charge on any atom is 0.276 e. The Morgan fingerprint density at radius 1 is 0.962 bits per heavy atom. The van der Waals surface area contributed by atoms with Crippen LogP contribution in [0.4, 0.5) is 5.69 Å². The molecule has 4 rings (SSSR count). The van der Waals surface area contributed by atoms with E-state index in [4.69, 9.17) is 0 Å². The number of carbonyl (C=O) groups excluding carboxylic acids is 1. The van der Waals surface area contributed by atoms with Crippen LogP contribution < -0.4 is 5.32 Å². The van der Waals surface area contributed by atoms with E-state index in [1.165, 1.54) is 0 Å². The number of para-hydroxylation sites is 1. The van der Waals surface area contributed by atoms with Gasteiger partial charge in [-0.05, 0) is 55.5 Å². The zero-order chi connectivity index (χ0) is 17.9. The second-order valence-electron chi connectivity index (χ2n) is 5.87. The van der Waals surface area contributed by atoms with Gasteiger partial charge in [0.15, 0.2) is 5.69 Å². The Bertz CT molecular complexity index is 1020. The molecule has 1 N–H and O–H groups in total. The lowest BCUT2D eigenvalue weighted by Gasteiger charge is -2.06. The summed E-state index contributed by atoms with van der Waals surface area (Å²) in [5.41, 5.74) is 3.83. The minimum absolute atomic E-state index is 0.241. The predicted molar refractivity (Wildman–Crippen MR) is 99.8 cm³/mol. The second-order valence-corrected chi connectivity index (χ2v) is 5.87. The van der Waals surface area contributed by atoms with Crippen molar-refractivity contribution in [3.63, 3.8) is 0 Å². The van der Waals surface area contributed by atoms with Crippen molar-refractivity contribution in [2.75, 3.05) is 5.32 Å². The summed E-state index contributed by atoms with van der Waals surface area (Å²) >= 11 is 0. The molecule has 26 heavy (non-hydrogen) atoms. The van der Waals surface area contributed by atoms with Crippen LogP contribution in [0.5, 0.6) is 0 Å². The van der Waals surface area contributed by atoms with Crippen LogP contribution in [-0.2, 0) is 0 Å². The molecule has 6 nitrogen and oxygen atoms in total. The zero-order valence-electron chi connectivity index (χ0n) is 14.2. The Balaban J connectivity index is 1.52. The van der Waals surface area contributed by atoms with Crippen molar-refractivity contribution in [3.05, 3.63) is 90.5 Å². The molecule has 0 aliphatic rings. The summed E-state index contributed by atoms with van der Waals surface area (Å²) in [6.07, 6.45) is 3.59. The Morgan fingerprint density at radius 3 is 2.42 bits per heavy atom. The molecule has 4 aromatic rings. The van der Waals surface area contributed by atoms with Gasteiger partial charge in [-0.2, -0.15) is 10.2 Å². The third kappa shape index (κ3) is 3.12. The summed E-state index contributed by atoms with van der Waals surface area (Å²) in [6, 6.07) is 20.9. The molecule has 2 aromatic carbocycles. The summed E-state index contributed by atoms with van der Waals surface area (Å²) in [7, 11) is 0. The number of benzene rings is 2. The number of nitrogens with zero attached hydrogens (tertiary/aromatic N) is 4. The fraction of sp³-hybridized carbons (Fsp3) is 0.0500. The highest BCUT2D eigenvalue weighted by Crippen LogP contribution is 2.15. The van der Waals surface area contributed by atoms with Gasteiger partial charge in [0.1, 0.15) is 0 Å². The molecule has 0 aliphatic carbocycles. The SMILES string of the molecule is Cc1cc(C(=O)Nc2ccc(-n3cccn3)cc2)nn1-c1ccccc1. The van der Waals surface area contributed by atoms with Crippen molar-refractivity contribution < 1.29 is 4.79 Å². The molecule has 1 amide bonds. The highest BCUT2D eigenvalue weighted by Gasteiger charge is 2.13. The van der Waals surface area contributed by atoms with Gasteiger partial charge >= 0.3 is 0 Å². The van der Waals surface area contributed by atoms with Crippen LogP contribution in [0.3, 0.4) is 0 Å². The number of anilines is 1. The Hall–Kier alpha value is -3.67. The Kier molecular flexibility index (Phi) is 4.07. The molecule has 128 valence electrons. The maximum atomic E-state index is 12.5. The summed E-state index contributed by atoms with van der Waals surface area (Å²) in [6.45, 7) is 1.93. The lowest BCUT2D eigenvalue weighted by Crippen LogP contribution is -2.13. The van der Waals surface area contributed by atoms with Gasteiger partial charge in [-0.3, -0.25) is 4.79 Å².